The maximum Gasteiger partial charge on any atom is 0.00991 e. The number of benzene rings is 1. The summed E-state index contributed by atoms with van der Waals surface area (Å²) in [4.78, 5) is 0. The first kappa shape index (κ1) is 15.2. The maximum absolute atomic E-state index is 3.71. The van der Waals surface area contributed by atoms with Gasteiger partial charge in [-0.25, -0.2) is 0 Å². The Kier molecular flexibility index (Phi) is 6.79. The van der Waals surface area contributed by atoms with E-state index in [4.69, 9.17) is 0 Å². The van der Waals surface area contributed by atoms with E-state index in [1.54, 1.807) is 0 Å². The van der Waals surface area contributed by atoms with Gasteiger partial charge in [0.1, 0.15) is 0 Å². The highest BCUT2D eigenvalue weighted by atomic mass is 79.9. The zero-order valence-corrected chi connectivity index (χ0v) is 13.9. The highest BCUT2D eigenvalue weighted by Gasteiger charge is 2.28. The fourth-order valence-corrected chi connectivity index (χ4v) is 3.86. The van der Waals surface area contributed by atoms with Gasteiger partial charge in [-0.05, 0) is 29.7 Å². The average molecular weight is 362 g/mol. The van der Waals surface area contributed by atoms with Gasteiger partial charge in [0.25, 0.3) is 0 Å². The molecule has 0 amide bonds. The van der Waals surface area contributed by atoms with E-state index in [1.807, 2.05) is 0 Å². The standard InChI is InChI=1S/C15H22Br2/c1-13(2)8-9-15(11-16,12-17)10-14-6-4-3-5-7-14/h3-7,13H,8-12H2,1-2H3. The Hall–Kier alpha value is 0.180. The summed E-state index contributed by atoms with van der Waals surface area (Å²) in [6.07, 6.45) is 3.72. The van der Waals surface area contributed by atoms with Crippen molar-refractivity contribution in [2.75, 3.05) is 10.7 Å². The van der Waals surface area contributed by atoms with E-state index in [0.29, 0.717) is 5.41 Å². The summed E-state index contributed by atoms with van der Waals surface area (Å²) < 4.78 is 0. The number of hydrogen-bond acceptors (Lipinski definition) is 0. The molecule has 1 aromatic carbocycles. The van der Waals surface area contributed by atoms with Gasteiger partial charge >= 0.3 is 0 Å². The average Bonchev–Trinajstić information content (AvgIpc) is 2.36. The molecule has 0 aliphatic heterocycles. The number of rotatable bonds is 7. The van der Waals surface area contributed by atoms with E-state index in [-0.39, 0.29) is 0 Å². The molecule has 0 aromatic heterocycles. The molecule has 96 valence electrons. The lowest BCUT2D eigenvalue weighted by Crippen LogP contribution is -2.28. The van der Waals surface area contributed by atoms with Crippen LogP contribution < -0.4 is 0 Å². The minimum Gasteiger partial charge on any atom is -0.0922 e. The van der Waals surface area contributed by atoms with Crippen LogP contribution in [0, 0.1) is 11.3 Å². The van der Waals surface area contributed by atoms with Crippen molar-refractivity contribution in [2.24, 2.45) is 11.3 Å². The molecule has 0 aliphatic carbocycles. The van der Waals surface area contributed by atoms with Crippen LogP contribution in [0.2, 0.25) is 0 Å². The highest BCUT2D eigenvalue weighted by Crippen LogP contribution is 2.34. The smallest absolute Gasteiger partial charge is 0.00991 e. The van der Waals surface area contributed by atoms with Crippen molar-refractivity contribution in [3.63, 3.8) is 0 Å². The van der Waals surface area contributed by atoms with Crippen molar-refractivity contribution in [1.29, 1.82) is 0 Å². The van der Waals surface area contributed by atoms with E-state index in [1.165, 1.54) is 18.4 Å². The Morgan fingerprint density at radius 2 is 1.65 bits per heavy atom. The van der Waals surface area contributed by atoms with E-state index in [0.717, 1.165) is 23.0 Å². The number of hydrogen-bond donors (Lipinski definition) is 0. The number of alkyl halides is 2. The lowest BCUT2D eigenvalue weighted by Gasteiger charge is -2.31. The summed E-state index contributed by atoms with van der Waals surface area (Å²) in [6, 6.07) is 10.8. The van der Waals surface area contributed by atoms with Crippen molar-refractivity contribution < 1.29 is 0 Å². The zero-order valence-electron chi connectivity index (χ0n) is 10.8. The molecule has 0 radical (unpaired) electrons. The molecule has 0 atom stereocenters. The minimum absolute atomic E-state index is 0.353. The van der Waals surface area contributed by atoms with Crippen LogP contribution in [0.15, 0.2) is 30.3 Å². The topological polar surface area (TPSA) is 0 Å². The summed E-state index contributed by atoms with van der Waals surface area (Å²) in [5, 5.41) is 2.12. The van der Waals surface area contributed by atoms with Gasteiger partial charge in [-0.3, -0.25) is 0 Å². The van der Waals surface area contributed by atoms with E-state index < -0.39 is 0 Å². The Balaban J connectivity index is 2.70. The Morgan fingerprint density at radius 1 is 1.06 bits per heavy atom. The minimum atomic E-state index is 0.353. The molecule has 0 saturated heterocycles. The van der Waals surface area contributed by atoms with Crippen LogP contribution in [0.4, 0.5) is 0 Å². The molecule has 0 unspecified atom stereocenters. The van der Waals surface area contributed by atoms with Crippen molar-refractivity contribution in [2.45, 2.75) is 33.1 Å². The van der Waals surface area contributed by atoms with Crippen molar-refractivity contribution in [1.82, 2.24) is 0 Å². The molecule has 0 spiro atoms. The third-order valence-corrected chi connectivity index (χ3v) is 5.62. The maximum atomic E-state index is 3.71. The largest absolute Gasteiger partial charge is 0.0922 e. The second-order valence-electron chi connectivity index (χ2n) is 5.36. The molecule has 17 heavy (non-hydrogen) atoms. The summed E-state index contributed by atoms with van der Waals surface area (Å²) in [6.45, 7) is 4.60. The van der Waals surface area contributed by atoms with Crippen LogP contribution in [0.1, 0.15) is 32.3 Å². The monoisotopic (exact) mass is 360 g/mol. The van der Waals surface area contributed by atoms with E-state index in [9.17, 15) is 0 Å². The van der Waals surface area contributed by atoms with Gasteiger partial charge in [0.15, 0.2) is 0 Å². The van der Waals surface area contributed by atoms with Gasteiger partial charge in [0.2, 0.25) is 0 Å². The normalized spacial score (nSPS) is 12.1. The van der Waals surface area contributed by atoms with Crippen molar-refractivity contribution in [3.05, 3.63) is 35.9 Å². The second-order valence-corrected chi connectivity index (χ2v) is 6.48. The predicted octanol–water partition coefficient (Wildman–Crippen LogP) is 5.44. The molecule has 2 heteroatoms. The predicted molar refractivity (Wildman–Crippen MR) is 84.2 cm³/mol. The fourth-order valence-electron chi connectivity index (χ4n) is 1.98. The van der Waals surface area contributed by atoms with Crippen LogP contribution in [0.5, 0.6) is 0 Å². The first-order chi connectivity index (χ1) is 8.12. The van der Waals surface area contributed by atoms with Crippen LogP contribution >= 0.6 is 31.9 Å². The van der Waals surface area contributed by atoms with E-state index >= 15 is 0 Å². The van der Waals surface area contributed by atoms with Crippen LogP contribution in [-0.2, 0) is 6.42 Å². The fraction of sp³-hybridized carbons (Fsp3) is 0.600. The van der Waals surface area contributed by atoms with Crippen LogP contribution in [0.25, 0.3) is 0 Å². The highest BCUT2D eigenvalue weighted by molar-refractivity contribution is 9.09. The van der Waals surface area contributed by atoms with Crippen LogP contribution in [-0.4, -0.2) is 10.7 Å². The lowest BCUT2D eigenvalue weighted by molar-refractivity contribution is 0.321. The SMILES string of the molecule is CC(C)CCC(CBr)(CBr)Cc1ccccc1. The second kappa shape index (κ2) is 7.58. The molecule has 0 saturated carbocycles. The molecule has 1 aromatic rings. The molecular formula is C15H22Br2. The van der Waals surface area contributed by atoms with Gasteiger partial charge < -0.3 is 0 Å². The summed E-state index contributed by atoms with van der Waals surface area (Å²) in [5.74, 6) is 0.781. The van der Waals surface area contributed by atoms with Gasteiger partial charge in [-0.1, -0.05) is 82.5 Å². The molecule has 0 fully saturated rings. The van der Waals surface area contributed by atoms with Gasteiger partial charge in [0.05, 0.1) is 0 Å². The summed E-state index contributed by atoms with van der Waals surface area (Å²) in [7, 11) is 0. The first-order valence-corrected chi connectivity index (χ1v) is 8.52. The third kappa shape index (κ3) is 5.13. The quantitative estimate of drug-likeness (QED) is 0.567. The van der Waals surface area contributed by atoms with Crippen molar-refractivity contribution in [3.8, 4) is 0 Å². The van der Waals surface area contributed by atoms with Crippen molar-refractivity contribution >= 4 is 31.9 Å². The third-order valence-electron chi connectivity index (χ3n) is 3.24. The molecular weight excluding hydrogens is 340 g/mol. The first-order valence-electron chi connectivity index (χ1n) is 6.28. The summed E-state index contributed by atoms with van der Waals surface area (Å²) >= 11 is 7.42. The van der Waals surface area contributed by atoms with E-state index in [2.05, 4.69) is 76.0 Å². The lowest BCUT2D eigenvalue weighted by atomic mass is 9.80. The van der Waals surface area contributed by atoms with Gasteiger partial charge in [-0.15, -0.1) is 0 Å². The summed E-state index contributed by atoms with van der Waals surface area (Å²) in [5.41, 5.74) is 1.79. The molecule has 0 nitrogen and oxygen atoms in total. The molecule has 0 N–H and O–H groups in total. The van der Waals surface area contributed by atoms with Crippen LogP contribution in [0.3, 0.4) is 0 Å². The molecule has 1 rings (SSSR count). The zero-order chi connectivity index (χ0) is 12.7. The molecule has 0 bridgehead atoms. The Morgan fingerprint density at radius 3 is 2.12 bits per heavy atom. The number of halogens is 2. The van der Waals surface area contributed by atoms with Gasteiger partial charge in [-0.2, -0.15) is 0 Å². The molecule has 0 aliphatic rings. The Bertz CT molecular complexity index is 302. The van der Waals surface area contributed by atoms with Gasteiger partial charge in [0, 0.05) is 10.7 Å². The Labute approximate surface area is 122 Å². The molecule has 0 heterocycles.